The summed E-state index contributed by atoms with van der Waals surface area (Å²) in [5.41, 5.74) is 4.11. The Balaban J connectivity index is 1.75. The van der Waals surface area contributed by atoms with Gasteiger partial charge in [0.15, 0.2) is 0 Å². The van der Waals surface area contributed by atoms with E-state index in [9.17, 15) is 0 Å². The molecule has 1 aromatic rings. The van der Waals surface area contributed by atoms with Gasteiger partial charge in [-0.25, -0.2) is 0 Å². The highest BCUT2D eigenvalue weighted by Crippen LogP contribution is 2.20. The van der Waals surface area contributed by atoms with Crippen LogP contribution in [0.5, 0.6) is 0 Å². The van der Waals surface area contributed by atoms with Gasteiger partial charge in [0.25, 0.3) is 0 Å². The molecule has 0 atom stereocenters. The lowest BCUT2D eigenvalue weighted by molar-refractivity contribution is -0.0249. The van der Waals surface area contributed by atoms with Crippen LogP contribution in [0.25, 0.3) is 0 Å². The first-order valence-corrected chi connectivity index (χ1v) is 7.26. The van der Waals surface area contributed by atoms with Gasteiger partial charge in [-0.2, -0.15) is 10.6 Å². The maximum Gasteiger partial charge on any atom is 0.0790 e. The van der Waals surface area contributed by atoms with Gasteiger partial charge in [0.1, 0.15) is 0 Å². The molecule has 4 heteroatoms. The van der Waals surface area contributed by atoms with Crippen LogP contribution in [0.15, 0.2) is 12.3 Å². The zero-order valence-corrected chi connectivity index (χ0v) is 11.6. The zero-order valence-electron chi connectivity index (χ0n) is 11.6. The van der Waals surface area contributed by atoms with Crippen LogP contribution in [-0.4, -0.2) is 15.9 Å². The van der Waals surface area contributed by atoms with Crippen molar-refractivity contribution in [3.8, 4) is 0 Å². The molecular weight excluding hydrogens is 226 g/mol. The molecule has 1 fully saturated rings. The SMILES string of the molecule is CCC(CC)n1ccc(CNOC2CCCC2)n1. The molecule has 1 aliphatic carbocycles. The van der Waals surface area contributed by atoms with Gasteiger partial charge in [-0.05, 0) is 31.7 Å². The van der Waals surface area contributed by atoms with E-state index in [2.05, 4.69) is 41.4 Å². The Morgan fingerprint density at radius 2 is 2.11 bits per heavy atom. The average molecular weight is 251 g/mol. The largest absolute Gasteiger partial charge is 0.298 e. The van der Waals surface area contributed by atoms with Crippen molar-refractivity contribution in [3.05, 3.63) is 18.0 Å². The van der Waals surface area contributed by atoms with E-state index in [1.54, 1.807) is 0 Å². The van der Waals surface area contributed by atoms with Crippen molar-refractivity contribution in [1.82, 2.24) is 15.3 Å². The van der Waals surface area contributed by atoms with E-state index in [0.717, 1.165) is 18.5 Å². The molecule has 1 aliphatic rings. The third-order valence-electron chi connectivity index (χ3n) is 3.79. The van der Waals surface area contributed by atoms with Crippen molar-refractivity contribution >= 4 is 0 Å². The highest BCUT2D eigenvalue weighted by Gasteiger charge is 2.15. The normalized spacial score (nSPS) is 16.8. The molecule has 0 saturated heterocycles. The molecule has 0 unspecified atom stereocenters. The minimum Gasteiger partial charge on any atom is -0.298 e. The summed E-state index contributed by atoms with van der Waals surface area (Å²) in [6.07, 6.45) is 9.72. The summed E-state index contributed by atoms with van der Waals surface area (Å²) in [5.74, 6) is 0. The summed E-state index contributed by atoms with van der Waals surface area (Å²) in [7, 11) is 0. The average Bonchev–Trinajstić information content (AvgIpc) is 3.03. The van der Waals surface area contributed by atoms with Crippen LogP contribution in [0.1, 0.15) is 64.1 Å². The van der Waals surface area contributed by atoms with Crippen molar-refractivity contribution in [2.45, 2.75) is 71.1 Å². The smallest absolute Gasteiger partial charge is 0.0790 e. The quantitative estimate of drug-likeness (QED) is 0.756. The molecule has 102 valence electrons. The fraction of sp³-hybridized carbons (Fsp3) is 0.786. The first kappa shape index (κ1) is 13.6. The Kier molecular flexibility index (Phi) is 5.20. The lowest BCUT2D eigenvalue weighted by Crippen LogP contribution is -2.21. The number of hydrogen-bond donors (Lipinski definition) is 1. The van der Waals surface area contributed by atoms with E-state index >= 15 is 0 Å². The second-order valence-corrected chi connectivity index (χ2v) is 5.10. The Hall–Kier alpha value is -0.870. The highest BCUT2D eigenvalue weighted by atomic mass is 16.7. The van der Waals surface area contributed by atoms with Crippen molar-refractivity contribution in [1.29, 1.82) is 0 Å². The number of aromatic nitrogens is 2. The molecule has 2 rings (SSSR count). The first-order chi connectivity index (χ1) is 8.83. The molecule has 0 aromatic carbocycles. The van der Waals surface area contributed by atoms with Crippen LogP contribution >= 0.6 is 0 Å². The van der Waals surface area contributed by atoms with E-state index in [1.165, 1.54) is 25.7 Å². The topological polar surface area (TPSA) is 39.1 Å². The van der Waals surface area contributed by atoms with Crippen LogP contribution in [0, 0.1) is 0 Å². The Morgan fingerprint density at radius 1 is 1.39 bits per heavy atom. The first-order valence-electron chi connectivity index (χ1n) is 7.26. The monoisotopic (exact) mass is 251 g/mol. The van der Waals surface area contributed by atoms with Crippen molar-refractivity contribution in [3.63, 3.8) is 0 Å². The number of hydrogen-bond acceptors (Lipinski definition) is 3. The fourth-order valence-electron chi connectivity index (χ4n) is 2.58. The van der Waals surface area contributed by atoms with E-state index in [1.807, 2.05) is 0 Å². The molecule has 1 aromatic heterocycles. The number of nitrogens with zero attached hydrogens (tertiary/aromatic N) is 2. The maximum absolute atomic E-state index is 5.63. The van der Waals surface area contributed by atoms with Gasteiger partial charge in [0.2, 0.25) is 0 Å². The predicted octanol–water partition coefficient (Wildman–Crippen LogP) is 3.21. The maximum atomic E-state index is 5.63. The Bertz CT molecular complexity index is 341. The Labute approximate surface area is 110 Å². The van der Waals surface area contributed by atoms with Gasteiger partial charge >= 0.3 is 0 Å². The third kappa shape index (κ3) is 3.56. The van der Waals surface area contributed by atoms with E-state index in [4.69, 9.17) is 4.84 Å². The summed E-state index contributed by atoms with van der Waals surface area (Å²) >= 11 is 0. The molecular formula is C14H25N3O. The van der Waals surface area contributed by atoms with Crippen molar-refractivity contribution < 1.29 is 4.84 Å². The van der Waals surface area contributed by atoms with E-state index < -0.39 is 0 Å². The van der Waals surface area contributed by atoms with Crippen LogP contribution in [0.2, 0.25) is 0 Å². The van der Waals surface area contributed by atoms with Crippen LogP contribution in [-0.2, 0) is 11.4 Å². The second kappa shape index (κ2) is 6.90. The molecule has 1 heterocycles. The molecule has 0 spiro atoms. The summed E-state index contributed by atoms with van der Waals surface area (Å²) in [6.45, 7) is 5.11. The molecule has 0 amide bonds. The van der Waals surface area contributed by atoms with E-state index in [-0.39, 0.29) is 0 Å². The zero-order chi connectivity index (χ0) is 12.8. The van der Waals surface area contributed by atoms with Gasteiger partial charge < -0.3 is 0 Å². The minimum atomic E-state index is 0.408. The summed E-state index contributed by atoms with van der Waals surface area (Å²) < 4.78 is 2.08. The molecule has 1 N–H and O–H groups in total. The molecule has 1 saturated carbocycles. The van der Waals surface area contributed by atoms with Gasteiger partial charge in [0.05, 0.1) is 24.4 Å². The predicted molar refractivity (Wildman–Crippen MR) is 72.0 cm³/mol. The molecule has 0 bridgehead atoms. The van der Waals surface area contributed by atoms with Gasteiger partial charge in [-0.3, -0.25) is 9.52 Å². The van der Waals surface area contributed by atoms with Crippen LogP contribution in [0.4, 0.5) is 0 Å². The van der Waals surface area contributed by atoms with Crippen LogP contribution < -0.4 is 5.48 Å². The lowest BCUT2D eigenvalue weighted by atomic mass is 10.2. The fourth-order valence-corrected chi connectivity index (χ4v) is 2.58. The van der Waals surface area contributed by atoms with Crippen molar-refractivity contribution in [2.75, 3.05) is 0 Å². The number of nitrogens with one attached hydrogen (secondary N) is 1. The van der Waals surface area contributed by atoms with Gasteiger partial charge in [0, 0.05) is 6.20 Å². The highest BCUT2D eigenvalue weighted by molar-refractivity contribution is 4.98. The Morgan fingerprint density at radius 3 is 2.78 bits per heavy atom. The molecule has 0 aliphatic heterocycles. The van der Waals surface area contributed by atoms with Gasteiger partial charge in [-0.1, -0.05) is 26.7 Å². The minimum absolute atomic E-state index is 0.408. The lowest BCUT2D eigenvalue weighted by Gasteiger charge is -2.13. The third-order valence-corrected chi connectivity index (χ3v) is 3.79. The summed E-state index contributed by atoms with van der Waals surface area (Å²) in [5, 5.41) is 4.59. The molecule has 4 nitrogen and oxygen atoms in total. The number of rotatable bonds is 7. The van der Waals surface area contributed by atoms with Crippen LogP contribution in [0.3, 0.4) is 0 Å². The van der Waals surface area contributed by atoms with Crippen molar-refractivity contribution in [2.24, 2.45) is 0 Å². The second-order valence-electron chi connectivity index (χ2n) is 5.10. The molecule has 0 radical (unpaired) electrons. The summed E-state index contributed by atoms with van der Waals surface area (Å²) in [4.78, 5) is 5.63. The van der Waals surface area contributed by atoms with Gasteiger partial charge in [-0.15, -0.1) is 0 Å². The summed E-state index contributed by atoms with van der Waals surface area (Å²) in [6, 6.07) is 2.60. The standard InChI is InChI=1S/C14H25N3O/c1-3-13(4-2)17-10-9-12(16-17)11-15-18-14-7-5-6-8-14/h9-10,13-15H,3-8,11H2,1-2H3. The van der Waals surface area contributed by atoms with E-state index in [0.29, 0.717) is 18.7 Å². The number of hydroxylamine groups is 1. The molecule has 18 heavy (non-hydrogen) atoms.